The molecule has 0 bridgehead atoms. The van der Waals surface area contributed by atoms with Gasteiger partial charge in [-0.15, -0.1) is 0 Å². The van der Waals surface area contributed by atoms with E-state index in [1.54, 1.807) is 0 Å². The first-order valence-electron chi connectivity index (χ1n) is 0. The average molecular weight is 240 g/mol. The molecule has 0 unspecified atom stereocenters. The molecule has 0 aliphatic carbocycles. The second-order valence-electron chi connectivity index (χ2n) is 0. The van der Waals surface area contributed by atoms with Crippen LogP contribution in [0.5, 0.6) is 0 Å². The molecular formula is H3AgCrCuN. The van der Waals surface area contributed by atoms with Gasteiger partial charge in [0.1, 0.15) is 0 Å². The molecule has 0 heterocycles. The average Bonchev–Trinajstić information content (AvgIpc) is 0. The van der Waals surface area contributed by atoms with E-state index < -0.39 is 0 Å². The topological polar surface area (TPSA) is 35.0 Å². The Bertz CT molecular complexity index is 8.00. The monoisotopic (exact) mass is 239 g/mol. The van der Waals surface area contributed by atoms with Crippen LogP contribution < -0.4 is 6.15 Å². The fourth-order valence-electron chi connectivity index (χ4n) is 0. The van der Waals surface area contributed by atoms with Crippen LogP contribution in [0.2, 0.25) is 0 Å². The van der Waals surface area contributed by atoms with E-state index in [0.717, 1.165) is 0 Å². The number of hydrogen-bond donors (Lipinski definition) is 1. The van der Waals surface area contributed by atoms with Crippen molar-refractivity contribution in [1.29, 1.82) is 0 Å². The van der Waals surface area contributed by atoms with E-state index in [0.29, 0.717) is 0 Å². The van der Waals surface area contributed by atoms with E-state index in [-0.39, 0.29) is 63.0 Å². The molecular weight excluding hydrogens is 237 g/mol. The van der Waals surface area contributed by atoms with Gasteiger partial charge in [0.15, 0.2) is 0 Å². The zero-order valence-electron chi connectivity index (χ0n) is 1.72. The van der Waals surface area contributed by atoms with Crippen molar-refractivity contribution in [2.75, 3.05) is 0 Å². The molecule has 0 aromatic carbocycles. The van der Waals surface area contributed by atoms with Crippen LogP contribution in [-0.4, -0.2) is 0 Å². The summed E-state index contributed by atoms with van der Waals surface area (Å²) in [5, 5.41) is 0. The van der Waals surface area contributed by atoms with Crippen molar-refractivity contribution in [3.05, 3.63) is 0 Å². The van der Waals surface area contributed by atoms with Gasteiger partial charge >= 0.3 is 0 Å². The van der Waals surface area contributed by atoms with Crippen molar-refractivity contribution in [3.8, 4) is 0 Å². The van der Waals surface area contributed by atoms with Gasteiger partial charge in [-0.25, -0.2) is 0 Å². The van der Waals surface area contributed by atoms with Crippen LogP contribution in [0.1, 0.15) is 0 Å². The molecule has 4 heteroatoms. The van der Waals surface area contributed by atoms with Crippen LogP contribution in [0.15, 0.2) is 0 Å². The van der Waals surface area contributed by atoms with Gasteiger partial charge in [-0.05, 0) is 0 Å². The molecule has 0 aromatic heterocycles. The summed E-state index contributed by atoms with van der Waals surface area (Å²) < 4.78 is 0. The fourth-order valence-corrected chi connectivity index (χ4v) is 0. The van der Waals surface area contributed by atoms with Crippen molar-refractivity contribution >= 4 is 0 Å². The summed E-state index contributed by atoms with van der Waals surface area (Å²) in [6, 6.07) is 0. The van der Waals surface area contributed by atoms with Crippen LogP contribution in [-0.2, 0) is 56.8 Å². The van der Waals surface area contributed by atoms with Gasteiger partial charge in [-0.2, -0.15) is 0 Å². The smallest absolute Gasteiger partial charge is 0 e. The Kier molecular flexibility index (Phi) is 231. The van der Waals surface area contributed by atoms with Crippen molar-refractivity contribution < 1.29 is 56.8 Å². The van der Waals surface area contributed by atoms with Crippen LogP contribution >= 0.6 is 0 Å². The van der Waals surface area contributed by atoms with E-state index in [1.807, 2.05) is 0 Å². The number of hydrogen-bond acceptors (Lipinski definition) is 1. The van der Waals surface area contributed by atoms with Crippen LogP contribution in [0.25, 0.3) is 0 Å². The van der Waals surface area contributed by atoms with Crippen molar-refractivity contribution in [3.63, 3.8) is 0 Å². The second-order valence-corrected chi connectivity index (χ2v) is 0. The maximum atomic E-state index is 0. The molecule has 0 rings (SSSR count). The summed E-state index contributed by atoms with van der Waals surface area (Å²) in [5.74, 6) is 0. The molecule has 0 amide bonds. The summed E-state index contributed by atoms with van der Waals surface area (Å²) in [5.41, 5.74) is 0. The van der Waals surface area contributed by atoms with Crippen molar-refractivity contribution in [1.82, 2.24) is 6.15 Å². The Balaban J connectivity index is 0. The Hall–Kier alpha value is 1.75. The van der Waals surface area contributed by atoms with Crippen LogP contribution in [0, 0.1) is 0 Å². The molecule has 0 saturated carbocycles. The first-order chi connectivity index (χ1) is 0. The predicted molar refractivity (Wildman–Crippen MR) is 5.02 cm³/mol. The van der Waals surface area contributed by atoms with Crippen molar-refractivity contribution in [2.24, 2.45) is 0 Å². The first-order valence-corrected chi connectivity index (χ1v) is 0. The minimum atomic E-state index is 0. The van der Waals surface area contributed by atoms with Gasteiger partial charge in [0.2, 0.25) is 0 Å². The third kappa shape index (κ3) is 9.26. The number of rotatable bonds is 0. The van der Waals surface area contributed by atoms with Crippen LogP contribution in [0.3, 0.4) is 0 Å². The quantitative estimate of drug-likeness (QED) is 0.601. The normalized spacial score (nSPS) is 0. The first kappa shape index (κ1) is 42.3. The molecule has 0 aromatic rings. The molecule has 0 spiro atoms. The third-order valence-electron chi connectivity index (χ3n) is 0. The Morgan fingerprint density at radius 1 is 1.00 bits per heavy atom. The van der Waals surface area contributed by atoms with Crippen molar-refractivity contribution in [2.45, 2.75) is 0 Å². The molecule has 0 atom stereocenters. The molecule has 3 N–H and O–H groups in total. The van der Waals surface area contributed by atoms with Gasteiger partial charge in [0.25, 0.3) is 0 Å². The largest absolute Gasteiger partial charge is 0.344 e. The van der Waals surface area contributed by atoms with E-state index in [2.05, 4.69) is 0 Å². The fraction of sp³-hybridized carbons (Fsp3) is 0. The Morgan fingerprint density at radius 3 is 1.00 bits per heavy atom. The summed E-state index contributed by atoms with van der Waals surface area (Å²) in [4.78, 5) is 0. The van der Waals surface area contributed by atoms with E-state index >= 15 is 0 Å². The van der Waals surface area contributed by atoms with E-state index in [1.165, 1.54) is 0 Å². The standard InChI is InChI=1S/Ag.Cr.Cu.H3N/h;;;1H3. The summed E-state index contributed by atoms with van der Waals surface area (Å²) >= 11 is 0. The molecule has 0 aliphatic rings. The molecule has 4 heavy (non-hydrogen) atoms. The van der Waals surface area contributed by atoms with E-state index in [4.69, 9.17) is 0 Å². The zero-order valence-corrected chi connectivity index (χ0v) is 5.42. The molecule has 0 fully saturated rings. The minimum Gasteiger partial charge on any atom is -0.344 e. The third-order valence-corrected chi connectivity index (χ3v) is 0. The minimum absolute atomic E-state index is 0. The Morgan fingerprint density at radius 2 is 1.00 bits per heavy atom. The van der Waals surface area contributed by atoms with Crippen LogP contribution in [0.4, 0.5) is 0 Å². The van der Waals surface area contributed by atoms with E-state index in [9.17, 15) is 0 Å². The predicted octanol–water partition coefficient (Wildman–Crippen LogP) is 0.154. The molecule has 2 radical (unpaired) electrons. The molecule has 0 saturated heterocycles. The maximum absolute atomic E-state index is 0. The zero-order chi connectivity index (χ0) is 0. The molecule has 36 valence electrons. The SMILES string of the molecule is N.[Ag].[Cr].[Cu]. The van der Waals surface area contributed by atoms with Gasteiger partial charge in [-0.1, -0.05) is 0 Å². The maximum Gasteiger partial charge on any atom is 0 e. The summed E-state index contributed by atoms with van der Waals surface area (Å²) in [7, 11) is 0. The van der Waals surface area contributed by atoms with Gasteiger partial charge in [-0.3, -0.25) is 0 Å². The molecule has 0 aliphatic heterocycles. The summed E-state index contributed by atoms with van der Waals surface area (Å²) in [6.45, 7) is 0. The van der Waals surface area contributed by atoms with Gasteiger partial charge in [0, 0.05) is 56.8 Å². The van der Waals surface area contributed by atoms with Gasteiger partial charge < -0.3 is 6.15 Å². The Labute approximate surface area is 62.6 Å². The van der Waals surface area contributed by atoms with Gasteiger partial charge in [0.05, 0.1) is 0 Å². The summed E-state index contributed by atoms with van der Waals surface area (Å²) in [6.07, 6.45) is 0. The molecule has 1 nitrogen and oxygen atoms in total. The second kappa shape index (κ2) is 21.8.